The SMILES string of the molecule is c1ccc(-c2cc(-c3ccccc3)nc(-n3c4ccccc4c4ccc(-c5ccc6c(c5)c5ccccc5n6-c5ncnc(-c6ccc7c(c6)c6ncccc6n7-c6ccccc6)n5)cc43)n2)cc1. The van der Waals surface area contributed by atoms with E-state index in [-0.39, 0.29) is 0 Å². The fourth-order valence-corrected chi connectivity index (χ4v) is 10.1. The molecule has 0 saturated carbocycles. The number of nitrogens with zero attached hydrogens (tertiary/aromatic N) is 9. The predicted molar refractivity (Wildman–Crippen MR) is 278 cm³/mol. The summed E-state index contributed by atoms with van der Waals surface area (Å²) in [7, 11) is 0. The molecule has 14 aromatic rings. The second-order valence-electron chi connectivity index (χ2n) is 17.2. The maximum atomic E-state index is 5.27. The third-order valence-corrected chi connectivity index (χ3v) is 13.3. The van der Waals surface area contributed by atoms with Gasteiger partial charge in [-0.25, -0.2) is 19.9 Å². The van der Waals surface area contributed by atoms with Crippen LogP contribution in [0.2, 0.25) is 0 Å². The molecule has 0 atom stereocenters. The summed E-state index contributed by atoms with van der Waals surface area (Å²) < 4.78 is 6.61. The van der Waals surface area contributed by atoms with Crippen molar-refractivity contribution in [2.24, 2.45) is 0 Å². The Labute approximate surface area is 394 Å². The molecule has 0 bridgehead atoms. The molecule has 322 valence electrons. The Morgan fingerprint density at radius 1 is 0.290 bits per heavy atom. The Morgan fingerprint density at radius 3 is 1.55 bits per heavy atom. The number of pyridine rings is 1. The van der Waals surface area contributed by atoms with Gasteiger partial charge in [0.15, 0.2) is 5.82 Å². The highest BCUT2D eigenvalue weighted by molar-refractivity contribution is 6.12. The van der Waals surface area contributed by atoms with Crippen molar-refractivity contribution in [1.82, 2.24) is 43.6 Å². The molecule has 0 saturated heterocycles. The molecule has 0 amide bonds. The summed E-state index contributed by atoms with van der Waals surface area (Å²) in [5.41, 5.74) is 15.0. The quantitative estimate of drug-likeness (QED) is 0.158. The number of hydrogen-bond acceptors (Lipinski definition) is 6. The second kappa shape index (κ2) is 15.5. The summed E-state index contributed by atoms with van der Waals surface area (Å²) in [6.07, 6.45) is 3.46. The lowest BCUT2D eigenvalue weighted by Gasteiger charge is -2.12. The highest BCUT2D eigenvalue weighted by Gasteiger charge is 2.21. The normalized spacial score (nSPS) is 11.8. The van der Waals surface area contributed by atoms with Gasteiger partial charge in [0.1, 0.15) is 6.33 Å². The number of para-hydroxylation sites is 3. The van der Waals surface area contributed by atoms with E-state index in [0.29, 0.717) is 17.7 Å². The van der Waals surface area contributed by atoms with E-state index in [1.165, 1.54) is 0 Å². The molecule has 0 N–H and O–H groups in total. The minimum absolute atomic E-state index is 0.544. The number of hydrogen-bond donors (Lipinski definition) is 0. The zero-order valence-electron chi connectivity index (χ0n) is 36.9. The van der Waals surface area contributed by atoms with Crippen molar-refractivity contribution in [2.75, 3.05) is 0 Å². The van der Waals surface area contributed by atoms with Crippen LogP contribution in [0.15, 0.2) is 225 Å². The maximum absolute atomic E-state index is 5.27. The lowest BCUT2D eigenvalue weighted by molar-refractivity contribution is 0.947. The largest absolute Gasteiger partial charge is 0.308 e. The Hall–Kier alpha value is -9.60. The molecule has 0 unspecified atom stereocenters. The maximum Gasteiger partial charge on any atom is 0.238 e. The van der Waals surface area contributed by atoms with E-state index < -0.39 is 0 Å². The molecule has 9 heteroatoms. The van der Waals surface area contributed by atoms with Crippen LogP contribution >= 0.6 is 0 Å². The number of aromatic nitrogens is 9. The molecule has 0 radical (unpaired) electrons. The predicted octanol–water partition coefficient (Wildman–Crippen LogP) is 14.0. The third kappa shape index (κ3) is 6.25. The van der Waals surface area contributed by atoms with Gasteiger partial charge in [0.25, 0.3) is 0 Å². The van der Waals surface area contributed by atoms with Gasteiger partial charge < -0.3 is 4.57 Å². The molecule has 0 aliphatic carbocycles. The second-order valence-corrected chi connectivity index (χ2v) is 17.2. The topological polar surface area (TPSA) is 92.1 Å². The fraction of sp³-hybridized carbons (Fsp3) is 0. The van der Waals surface area contributed by atoms with Crippen LogP contribution in [0.4, 0.5) is 0 Å². The van der Waals surface area contributed by atoms with Crippen molar-refractivity contribution in [2.45, 2.75) is 0 Å². The lowest BCUT2D eigenvalue weighted by atomic mass is 10.0. The standard InChI is InChI=1S/C60H37N9/c1-4-15-38(16-5-1)49-36-50(39-17-6-2-7-18-39)65-60(64-49)69-51-23-12-10-21-44(51)46-29-26-41(35-56(46)69)40-27-30-53-47(33-40)45-22-11-13-24-52(45)68(53)59-63-37-62-58(66-59)42-28-31-54-48(34-42)57-55(25-14-32-61-57)67(54)43-19-8-3-9-20-43/h1-37H. The molecule has 69 heavy (non-hydrogen) atoms. The minimum atomic E-state index is 0.544. The summed E-state index contributed by atoms with van der Waals surface area (Å²) in [5.74, 6) is 1.74. The first-order chi connectivity index (χ1) is 34.2. The van der Waals surface area contributed by atoms with Gasteiger partial charge in [-0.1, -0.05) is 133 Å². The molecule has 9 nitrogen and oxygen atoms in total. The Balaban J connectivity index is 0.900. The van der Waals surface area contributed by atoms with Gasteiger partial charge in [-0.05, 0) is 90.0 Å². The first-order valence-corrected chi connectivity index (χ1v) is 22.9. The molecular weight excluding hydrogens is 847 g/mol. The van der Waals surface area contributed by atoms with E-state index in [2.05, 4.69) is 177 Å². The minimum Gasteiger partial charge on any atom is -0.308 e. The zero-order chi connectivity index (χ0) is 45.4. The molecule has 6 aromatic heterocycles. The molecule has 14 rings (SSSR count). The average molecular weight is 884 g/mol. The van der Waals surface area contributed by atoms with Gasteiger partial charge in [-0.2, -0.15) is 4.98 Å². The van der Waals surface area contributed by atoms with Crippen LogP contribution in [-0.4, -0.2) is 43.6 Å². The van der Waals surface area contributed by atoms with Crippen molar-refractivity contribution in [1.29, 1.82) is 0 Å². The summed E-state index contributed by atoms with van der Waals surface area (Å²) in [6, 6.07) is 74.0. The molecule has 0 fully saturated rings. The van der Waals surface area contributed by atoms with Crippen LogP contribution < -0.4 is 0 Å². The van der Waals surface area contributed by atoms with Gasteiger partial charge in [0.2, 0.25) is 11.9 Å². The van der Waals surface area contributed by atoms with Gasteiger partial charge in [0, 0.05) is 55.5 Å². The molecular formula is C60H37N9. The highest BCUT2D eigenvalue weighted by atomic mass is 15.2. The Bertz CT molecular complexity index is 4250. The monoisotopic (exact) mass is 883 g/mol. The van der Waals surface area contributed by atoms with Crippen molar-refractivity contribution in [3.63, 3.8) is 0 Å². The van der Waals surface area contributed by atoms with Crippen molar-refractivity contribution < 1.29 is 0 Å². The van der Waals surface area contributed by atoms with Crippen LogP contribution in [0, 0.1) is 0 Å². The van der Waals surface area contributed by atoms with Gasteiger partial charge >= 0.3 is 0 Å². The van der Waals surface area contributed by atoms with E-state index in [1.807, 2.05) is 54.7 Å². The first kappa shape index (κ1) is 38.6. The number of rotatable bonds is 7. The molecule has 6 heterocycles. The van der Waals surface area contributed by atoms with Crippen LogP contribution in [0.25, 0.3) is 128 Å². The van der Waals surface area contributed by atoms with Crippen LogP contribution in [0.5, 0.6) is 0 Å². The van der Waals surface area contributed by atoms with E-state index in [1.54, 1.807) is 6.33 Å². The van der Waals surface area contributed by atoms with E-state index in [0.717, 1.165) is 110 Å². The average Bonchev–Trinajstić information content (AvgIpc) is 4.06. The summed E-state index contributed by atoms with van der Waals surface area (Å²) in [5, 5.41) is 5.50. The Kier molecular flexibility index (Phi) is 8.68. The Morgan fingerprint density at radius 2 is 0.826 bits per heavy atom. The molecule has 0 spiro atoms. The zero-order valence-corrected chi connectivity index (χ0v) is 36.9. The molecule has 0 aliphatic rings. The summed E-state index contributed by atoms with van der Waals surface area (Å²) in [4.78, 5) is 30.1. The van der Waals surface area contributed by atoms with E-state index >= 15 is 0 Å². The van der Waals surface area contributed by atoms with Crippen LogP contribution in [0.1, 0.15) is 0 Å². The summed E-state index contributed by atoms with van der Waals surface area (Å²) >= 11 is 0. The van der Waals surface area contributed by atoms with Crippen LogP contribution in [0.3, 0.4) is 0 Å². The van der Waals surface area contributed by atoms with Crippen LogP contribution in [-0.2, 0) is 0 Å². The number of benzene rings is 8. The fourth-order valence-electron chi connectivity index (χ4n) is 10.1. The van der Waals surface area contributed by atoms with E-state index in [4.69, 9.17) is 29.9 Å². The lowest BCUT2D eigenvalue weighted by Crippen LogP contribution is -2.04. The van der Waals surface area contributed by atoms with Gasteiger partial charge in [-0.15, -0.1) is 0 Å². The third-order valence-electron chi connectivity index (χ3n) is 13.3. The van der Waals surface area contributed by atoms with Gasteiger partial charge in [0.05, 0.1) is 50.0 Å². The molecule has 0 aliphatic heterocycles. The van der Waals surface area contributed by atoms with Crippen molar-refractivity contribution in [3.8, 4) is 62.6 Å². The first-order valence-electron chi connectivity index (χ1n) is 22.9. The van der Waals surface area contributed by atoms with E-state index in [9.17, 15) is 0 Å². The smallest absolute Gasteiger partial charge is 0.238 e. The van der Waals surface area contributed by atoms with Crippen molar-refractivity contribution in [3.05, 3.63) is 225 Å². The highest BCUT2D eigenvalue weighted by Crippen LogP contribution is 2.39. The van der Waals surface area contributed by atoms with Crippen molar-refractivity contribution >= 4 is 65.5 Å². The number of fused-ring (bicyclic) bond motifs is 9. The summed E-state index contributed by atoms with van der Waals surface area (Å²) in [6.45, 7) is 0. The van der Waals surface area contributed by atoms with Gasteiger partial charge in [-0.3, -0.25) is 14.1 Å². The molecule has 8 aromatic carbocycles.